The minimum absolute atomic E-state index is 0.308. The zero-order valence-corrected chi connectivity index (χ0v) is 8.64. The van der Waals surface area contributed by atoms with E-state index in [0.717, 1.165) is 29.6 Å². The molecule has 2 rings (SSSR count). The quantitative estimate of drug-likeness (QED) is 0.786. The normalized spacial score (nSPS) is 19.6. The monoisotopic (exact) mass is 217 g/mol. The van der Waals surface area contributed by atoms with Crippen LogP contribution in [0.1, 0.15) is 19.3 Å². The van der Waals surface area contributed by atoms with Crippen LogP contribution in [0.3, 0.4) is 0 Å². The number of rotatable bonds is 3. The van der Waals surface area contributed by atoms with Crippen molar-refractivity contribution in [1.82, 2.24) is 0 Å². The number of nitriles is 1. The standard InChI is InChI=1S/C12H11NO3/c13-6-10(12(14)15)5-8-1-2-9-7-16-4-3-11(8)9/h3-4,7,10H,1-2,5H2,(H,14,15). The minimum atomic E-state index is -1.05. The summed E-state index contributed by atoms with van der Waals surface area (Å²) in [7, 11) is 0. The fraction of sp³-hybridized carbons (Fsp3) is 0.333. The van der Waals surface area contributed by atoms with E-state index in [1.807, 2.05) is 12.1 Å². The third kappa shape index (κ3) is 1.84. The molecule has 0 amide bonds. The molecule has 0 radical (unpaired) electrons. The molecule has 1 heterocycles. The van der Waals surface area contributed by atoms with Gasteiger partial charge in [0.05, 0.1) is 18.6 Å². The Morgan fingerprint density at radius 3 is 3.12 bits per heavy atom. The molecule has 1 aliphatic heterocycles. The zero-order chi connectivity index (χ0) is 11.5. The van der Waals surface area contributed by atoms with E-state index in [9.17, 15) is 4.79 Å². The highest BCUT2D eigenvalue weighted by molar-refractivity contribution is 5.73. The Labute approximate surface area is 93.1 Å². The molecule has 0 spiro atoms. The highest BCUT2D eigenvalue weighted by Crippen LogP contribution is 2.37. The van der Waals surface area contributed by atoms with E-state index in [1.165, 1.54) is 0 Å². The Morgan fingerprint density at radius 2 is 2.44 bits per heavy atom. The molecular weight excluding hydrogens is 206 g/mol. The van der Waals surface area contributed by atoms with Crippen LogP contribution in [0, 0.1) is 17.2 Å². The summed E-state index contributed by atoms with van der Waals surface area (Å²) >= 11 is 0. The second-order valence-corrected chi connectivity index (χ2v) is 3.82. The molecule has 1 unspecified atom stereocenters. The maximum Gasteiger partial charge on any atom is 0.321 e. The van der Waals surface area contributed by atoms with E-state index in [0.29, 0.717) is 6.42 Å². The largest absolute Gasteiger partial charge is 0.480 e. The van der Waals surface area contributed by atoms with Crippen molar-refractivity contribution in [2.45, 2.75) is 19.3 Å². The lowest BCUT2D eigenvalue weighted by molar-refractivity contribution is -0.139. The first kappa shape index (κ1) is 10.5. The van der Waals surface area contributed by atoms with Gasteiger partial charge < -0.3 is 9.84 Å². The van der Waals surface area contributed by atoms with Crippen molar-refractivity contribution in [3.63, 3.8) is 0 Å². The Hall–Kier alpha value is -2.02. The van der Waals surface area contributed by atoms with E-state index in [4.69, 9.17) is 15.1 Å². The van der Waals surface area contributed by atoms with Crippen LogP contribution in [0.4, 0.5) is 0 Å². The predicted octanol–water partition coefficient (Wildman–Crippen LogP) is 2.12. The number of hydrogen-bond donors (Lipinski definition) is 1. The van der Waals surface area contributed by atoms with Crippen molar-refractivity contribution in [3.8, 4) is 6.07 Å². The first-order valence-corrected chi connectivity index (χ1v) is 5.08. The molecule has 4 nitrogen and oxygen atoms in total. The van der Waals surface area contributed by atoms with Gasteiger partial charge in [-0.15, -0.1) is 0 Å². The van der Waals surface area contributed by atoms with Gasteiger partial charge in [0.25, 0.3) is 0 Å². The molecule has 0 saturated carbocycles. The maximum absolute atomic E-state index is 10.8. The van der Waals surface area contributed by atoms with Crippen LogP contribution < -0.4 is 0 Å². The van der Waals surface area contributed by atoms with Crippen LogP contribution in [-0.2, 0) is 9.53 Å². The summed E-state index contributed by atoms with van der Waals surface area (Å²) in [6.07, 6.45) is 7.10. The molecule has 2 aliphatic rings. The molecule has 1 N–H and O–H groups in total. The van der Waals surface area contributed by atoms with Crippen molar-refractivity contribution in [3.05, 3.63) is 35.3 Å². The zero-order valence-electron chi connectivity index (χ0n) is 8.64. The topological polar surface area (TPSA) is 70.3 Å². The lowest BCUT2D eigenvalue weighted by atomic mass is 9.97. The number of aliphatic carboxylic acids is 1. The summed E-state index contributed by atoms with van der Waals surface area (Å²) in [5, 5.41) is 17.6. The van der Waals surface area contributed by atoms with Crippen molar-refractivity contribution < 1.29 is 14.6 Å². The van der Waals surface area contributed by atoms with Crippen molar-refractivity contribution >= 4 is 5.97 Å². The Bertz CT molecular complexity index is 451. The number of hydrogen-bond acceptors (Lipinski definition) is 3. The smallest absolute Gasteiger partial charge is 0.321 e. The van der Waals surface area contributed by atoms with E-state index < -0.39 is 11.9 Å². The number of ether oxygens (including phenoxy) is 1. The van der Waals surface area contributed by atoms with Crippen LogP contribution in [0.5, 0.6) is 0 Å². The van der Waals surface area contributed by atoms with Crippen LogP contribution in [-0.4, -0.2) is 11.1 Å². The van der Waals surface area contributed by atoms with Gasteiger partial charge in [-0.2, -0.15) is 5.26 Å². The highest BCUT2D eigenvalue weighted by atomic mass is 16.5. The third-order valence-electron chi connectivity index (χ3n) is 2.85. The predicted molar refractivity (Wildman–Crippen MR) is 55.9 cm³/mol. The second-order valence-electron chi connectivity index (χ2n) is 3.82. The number of carboxylic acids is 1. The van der Waals surface area contributed by atoms with Gasteiger partial charge >= 0.3 is 5.97 Å². The number of carboxylic acid groups (broad SMARTS) is 1. The second kappa shape index (κ2) is 4.23. The van der Waals surface area contributed by atoms with Crippen molar-refractivity contribution in [1.29, 1.82) is 5.26 Å². The Morgan fingerprint density at radius 1 is 1.62 bits per heavy atom. The molecule has 82 valence electrons. The molecule has 1 aliphatic carbocycles. The fourth-order valence-corrected chi connectivity index (χ4v) is 2.00. The molecular formula is C12H11NO3. The Kier molecular flexibility index (Phi) is 2.78. The summed E-state index contributed by atoms with van der Waals surface area (Å²) in [5.74, 6) is -2.00. The van der Waals surface area contributed by atoms with Gasteiger partial charge in [-0.05, 0) is 36.5 Å². The van der Waals surface area contributed by atoms with Gasteiger partial charge in [0.2, 0.25) is 0 Å². The lowest BCUT2D eigenvalue weighted by Crippen LogP contribution is -2.12. The molecule has 1 atom stereocenters. The van der Waals surface area contributed by atoms with Gasteiger partial charge in [-0.25, -0.2) is 0 Å². The SMILES string of the molecule is N#CC(CC1=C2C=COC=C2CC1)C(=O)O. The van der Waals surface area contributed by atoms with Gasteiger partial charge in [-0.3, -0.25) is 4.79 Å². The van der Waals surface area contributed by atoms with Crippen LogP contribution in [0.15, 0.2) is 35.3 Å². The molecule has 0 fully saturated rings. The van der Waals surface area contributed by atoms with Gasteiger partial charge in [0, 0.05) is 0 Å². The van der Waals surface area contributed by atoms with Gasteiger partial charge in [0.1, 0.15) is 5.92 Å². The molecule has 0 aromatic heterocycles. The number of nitrogens with zero attached hydrogens (tertiary/aromatic N) is 1. The molecule has 0 bridgehead atoms. The van der Waals surface area contributed by atoms with Gasteiger partial charge in [-0.1, -0.05) is 5.57 Å². The van der Waals surface area contributed by atoms with Crippen LogP contribution >= 0.6 is 0 Å². The van der Waals surface area contributed by atoms with Crippen molar-refractivity contribution in [2.24, 2.45) is 5.92 Å². The number of allylic oxidation sites excluding steroid dienone is 4. The average molecular weight is 217 g/mol. The maximum atomic E-state index is 10.8. The summed E-state index contributed by atoms with van der Waals surface area (Å²) in [6, 6.07) is 1.82. The summed E-state index contributed by atoms with van der Waals surface area (Å²) in [6.45, 7) is 0. The van der Waals surface area contributed by atoms with E-state index in [-0.39, 0.29) is 0 Å². The minimum Gasteiger partial charge on any atom is -0.480 e. The number of carbonyl (C=O) groups is 1. The van der Waals surface area contributed by atoms with E-state index in [2.05, 4.69) is 0 Å². The van der Waals surface area contributed by atoms with E-state index in [1.54, 1.807) is 12.5 Å². The summed E-state index contributed by atoms with van der Waals surface area (Å²) in [4.78, 5) is 10.8. The average Bonchev–Trinajstić information content (AvgIpc) is 2.69. The molecule has 0 saturated heterocycles. The van der Waals surface area contributed by atoms with Crippen molar-refractivity contribution in [2.75, 3.05) is 0 Å². The molecule has 0 aromatic carbocycles. The summed E-state index contributed by atoms with van der Waals surface area (Å²) in [5.41, 5.74) is 3.19. The van der Waals surface area contributed by atoms with Crippen LogP contribution in [0.2, 0.25) is 0 Å². The van der Waals surface area contributed by atoms with Crippen LogP contribution in [0.25, 0.3) is 0 Å². The Balaban J connectivity index is 2.20. The third-order valence-corrected chi connectivity index (χ3v) is 2.85. The molecule has 0 aromatic rings. The lowest BCUT2D eigenvalue weighted by Gasteiger charge is -2.09. The number of fused-ring (bicyclic) bond motifs is 1. The first-order chi connectivity index (χ1) is 7.72. The first-order valence-electron chi connectivity index (χ1n) is 5.08. The molecule has 4 heteroatoms. The van der Waals surface area contributed by atoms with E-state index >= 15 is 0 Å². The van der Waals surface area contributed by atoms with Gasteiger partial charge in [0.15, 0.2) is 0 Å². The molecule has 16 heavy (non-hydrogen) atoms. The fourth-order valence-electron chi connectivity index (χ4n) is 2.00. The highest BCUT2D eigenvalue weighted by Gasteiger charge is 2.25. The summed E-state index contributed by atoms with van der Waals surface area (Å²) < 4.78 is 5.05.